The van der Waals surface area contributed by atoms with Gasteiger partial charge in [0.15, 0.2) is 6.10 Å². The maximum atomic E-state index is 12.7. The molecule has 0 heterocycles. The molecule has 0 aliphatic heterocycles. The predicted molar refractivity (Wildman–Crippen MR) is 247 cm³/mol. The molecule has 5 atom stereocenters. The van der Waals surface area contributed by atoms with E-state index < -0.39 is 78.4 Å². The summed E-state index contributed by atoms with van der Waals surface area (Å²) in [6.45, 7) is 3.90. The molecule has 0 aliphatic rings. The van der Waals surface area contributed by atoms with Gasteiger partial charge in [0.1, 0.15) is 12.7 Å². The van der Waals surface area contributed by atoms with Crippen LogP contribution in [0.15, 0.2) is 12.2 Å². The SMILES string of the molecule is CCCCC/C=C\C[C@H](O)[C@@H](O)CCCCCCCC(=O)O[C@H](COC(=O)CCCCCCCCCCCCCCCCCCC(C)C)COP(=O)(O)OC[C@@H](O)COP(=O)(O)O. The summed E-state index contributed by atoms with van der Waals surface area (Å²) in [6.07, 6.45) is 29.3. The number of hydrogen-bond donors (Lipinski definition) is 6. The van der Waals surface area contributed by atoms with Crippen LogP contribution in [0.2, 0.25) is 0 Å². The van der Waals surface area contributed by atoms with Gasteiger partial charge in [-0.2, -0.15) is 0 Å². The van der Waals surface area contributed by atoms with E-state index in [1.54, 1.807) is 0 Å². The molecule has 0 aromatic carbocycles. The third kappa shape index (κ3) is 44.4. The van der Waals surface area contributed by atoms with Crippen molar-refractivity contribution in [2.75, 3.05) is 26.4 Å². The van der Waals surface area contributed by atoms with Gasteiger partial charge in [-0.05, 0) is 44.4 Å². The number of carbonyl (C=O) groups excluding carboxylic acids is 2. The van der Waals surface area contributed by atoms with Crippen LogP contribution in [0.25, 0.3) is 0 Å². The molecule has 0 radical (unpaired) electrons. The number of carbonyl (C=O) groups is 2. The molecule has 0 rings (SSSR count). The Morgan fingerprint density at radius 3 is 1.49 bits per heavy atom. The van der Waals surface area contributed by atoms with Crippen molar-refractivity contribution in [2.45, 2.75) is 238 Å². The number of esters is 2. The quantitative estimate of drug-likeness (QED) is 0.0144. The summed E-state index contributed by atoms with van der Waals surface area (Å²) in [7, 11) is -9.73. The Hall–Kier alpha value is -1.22. The zero-order valence-corrected chi connectivity index (χ0v) is 41.1. The number of aliphatic hydroxyl groups is 3. The fourth-order valence-electron chi connectivity index (χ4n) is 6.91. The van der Waals surface area contributed by atoms with E-state index in [2.05, 4.69) is 35.9 Å². The minimum Gasteiger partial charge on any atom is -0.462 e. The normalized spacial score (nSPS) is 15.1. The number of allylic oxidation sites excluding steroid dienone is 1. The average Bonchev–Trinajstić information content (AvgIpc) is 3.23. The Kier molecular flexibility index (Phi) is 40.2. The van der Waals surface area contributed by atoms with Crippen molar-refractivity contribution in [2.24, 2.45) is 5.92 Å². The van der Waals surface area contributed by atoms with Gasteiger partial charge in [0, 0.05) is 12.8 Å². The number of rotatable bonds is 46. The van der Waals surface area contributed by atoms with Gasteiger partial charge in [-0.1, -0.05) is 174 Å². The first kappa shape index (κ1) is 61.8. The Labute approximate surface area is 380 Å². The van der Waals surface area contributed by atoms with E-state index in [1.165, 1.54) is 89.9 Å². The first-order chi connectivity index (χ1) is 30.0. The Balaban J connectivity index is 4.51. The molecule has 17 heteroatoms. The van der Waals surface area contributed by atoms with E-state index in [4.69, 9.17) is 23.8 Å². The highest BCUT2D eigenvalue weighted by Gasteiger charge is 2.28. The summed E-state index contributed by atoms with van der Waals surface area (Å²) in [6, 6.07) is 0. The zero-order chi connectivity index (χ0) is 47.0. The van der Waals surface area contributed by atoms with Crippen LogP contribution in [0, 0.1) is 5.92 Å². The van der Waals surface area contributed by atoms with Crippen molar-refractivity contribution in [1.82, 2.24) is 0 Å². The van der Waals surface area contributed by atoms with Crippen molar-refractivity contribution in [3.63, 3.8) is 0 Å². The van der Waals surface area contributed by atoms with Crippen molar-refractivity contribution in [3.8, 4) is 0 Å². The fourth-order valence-corrected chi connectivity index (χ4v) is 8.07. The second-order valence-corrected chi connectivity index (χ2v) is 20.2. The predicted octanol–water partition coefficient (Wildman–Crippen LogP) is 10.7. The molecular weight excluding hydrogens is 854 g/mol. The first-order valence-corrected chi connectivity index (χ1v) is 27.4. The van der Waals surface area contributed by atoms with E-state index in [9.17, 15) is 38.9 Å². The minimum atomic E-state index is -4.88. The highest BCUT2D eigenvalue weighted by Crippen LogP contribution is 2.44. The summed E-state index contributed by atoms with van der Waals surface area (Å²) in [5.41, 5.74) is 0. The molecule has 0 aromatic heterocycles. The van der Waals surface area contributed by atoms with Gasteiger partial charge in [0.05, 0.1) is 32.0 Å². The molecular formula is C46H90O15P2. The van der Waals surface area contributed by atoms with Gasteiger partial charge in [0.25, 0.3) is 0 Å². The highest BCUT2D eigenvalue weighted by atomic mass is 31.2. The van der Waals surface area contributed by atoms with Gasteiger partial charge in [0.2, 0.25) is 0 Å². The minimum absolute atomic E-state index is 0.0360. The smallest absolute Gasteiger partial charge is 0.462 e. The lowest BCUT2D eigenvalue weighted by atomic mass is 10.0. The number of phosphoric ester groups is 2. The van der Waals surface area contributed by atoms with E-state index in [0.29, 0.717) is 32.1 Å². The van der Waals surface area contributed by atoms with E-state index in [1.807, 2.05) is 6.08 Å². The van der Waals surface area contributed by atoms with Crippen LogP contribution < -0.4 is 0 Å². The second-order valence-electron chi connectivity index (χ2n) is 17.5. The van der Waals surface area contributed by atoms with Crippen molar-refractivity contribution < 1.29 is 71.8 Å². The Bertz CT molecular complexity index is 1210. The first-order valence-electron chi connectivity index (χ1n) is 24.4. The van der Waals surface area contributed by atoms with Crippen LogP contribution in [0.5, 0.6) is 0 Å². The van der Waals surface area contributed by atoms with Crippen LogP contribution in [0.4, 0.5) is 0 Å². The number of unbranched alkanes of at least 4 members (excludes halogenated alkanes) is 22. The van der Waals surface area contributed by atoms with Gasteiger partial charge in [-0.15, -0.1) is 0 Å². The van der Waals surface area contributed by atoms with Crippen LogP contribution in [0.1, 0.15) is 213 Å². The lowest BCUT2D eigenvalue weighted by molar-refractivity contribution is -0.161. The molecule has 1 unspecified atom stereocenters. The summed E-state index contributed by atoms with van der Waals surface area (Å²) >= 11 is 0. The summed E-state index contributed by atoms with van der Waals surface area (Å²) in [5.74, 6) is -0.314. The molecule has 0 fully saturated rings. The molecule has 6 N–H and O–H groups in total. The number of hydrogen-bond acceptors (Lipinski definition) is 12. The maximum absolute atomic E-state index is 12.7. The monoisotopic (exact) mass is 945 g/mol. The van der Waals surface area contributed by atoms with Crippen LogP contribution in [0.3, 0.4) is 0 Å². The molecule has 0 saturated heterocycles. The molecule has 0 amide bonds. The lowest BCUT2D eigenvalue weighted by Crippen LogP contribution is -2.30. The van der Waals surface area contributed by atoms with Crippen LogP contribution >= 0.6 is 15.6 Å². The lowest BCUT2D eigenvalue weighted by Gasteiger charge is -2.20. The fraction of sp³-hybridized carbons (Fsp3) is 0.913. The molecule has 0 bridgehead atoms. The Morgan fingerprint density at radius 1 is 0.524 bits per heavy atom. The summed E-state index contributed by atoms with van der Waals surface area (Å²) in [5, 5.41) is 30.2. The largest absolute Gasteiger partial charge is 0.472 e. The van der Waals surface area contributed by atoms with Crippen molar-refractivity contribution >= 4 is 27.6 Å². The third-order valence-corrected chi connectivity index (χ3v) is 12.2. The van der Waals surface area contributed by atoms with E-state index in [0.717, 1.165) is 63.7 Å². The van der Waals surface area contributed by atoms with Crippen molar-refractivity contribution in [1.29, 1.82) is 0 Å². The number of aliphatic hydroxyl groups excluding tert-OH is 3. The molecule has 0 aromatic rings. The average molecular weight is 945 g/mol. The van der Waals surface area contributed by atoms with Gasteiger partial charge in [-0.25, -0.2) is 9.13 Å². The number of ether oxygens (including phenoxy) is 2. The topological polar surface area (TPSA) is 236 Å². The summed E-state index contributed by atoms with van der Waals surface area (Å²) in [4.78, 5) is 52.8. The molecule has 0 saturated carbocycles. The van der Waals surface area contributed by atoms with E-state index >= 15 is 0 Å². The van der Waals surface area contributed by atoms with Gasteiger partial charge < -0.3 is 39.5 Å². The molecule has 374 valence electrons. The summed E-state index contributed by atoms with van der Waals surface area (Å²) < 4.78 is 47.8. The van der Waals surface area contributed by atoms with Gasteiger partial charge in [-0.3, -0.25) is 23.2 Å². The molecule has 0 aliphatic carbocycles. The van der Waals surface area contributed by atoms with E-state index in [-0.39, 0.29) is 12.8 Å². The molecule has 0 spiro atoms. The maximum Gasteiger partial charge on any atom is 0.472 e. The standard InChI is InChI=1S/C46H90O15P2/c1-4-5-6-7-22-27-32-43(48)44(49)33-28-23-20-25-30-35-46(51)61-42(39-60-63(55,56)59-37-41(47)36-58-62(52,53)54)38-57-45(50)34-29-24-19-17-15-13-11-9-8-10-12-14-16-18-21-26-31-40(2)3/h22,27,40-44,47-49H,4-21,23-26,28-39H2,1-3H3,(H,55,56)(H2,52,53,54)/b27-22-/t41-,42+,43-,44-/m0/s1. The third-order valence-electron chi connectivity index (χ3n) is 10.8. The Morgan fingerprint density at radius 2 is 0.984 bits per heavy atom. The molecule has 63 heavy (non-hydrogen) atoms. The molecule has 15 nitrogen and oxygen atoms in total. The van der Waals surface area contributed by atoms with Crippen LogP contribution in [-0.2, 0) is 41.8 Å². The van der Waals surface area contributed by atoms with Gasteiger partial charge >= 0.3 is 27.6 Å². The van der Waals surface area contributed by atoms with Crippen molar-refractivity contribution in [3.05, 3.63) is 12.2 Å². The second kappa shape index (κ2) is 41.0. The zero-order valence-electron chi connectivity index (χ0n) is 39.3. The number of phosphoric acid groups is 2. The van der Waals surface area contributed by atoms with Crippen LogP contribution in [-0.4, -0.2) is 92.8 Å². The highest BCUT2D eigenvalue weighted by molar-refractivity contribution is 7.47.